The lowest BCUT2D eigenvalue weighted by Gasteiger charge is -2.42. The first-order chi connectivity index (χ1) is 23.7. The van der Waals surface area contributed by atoms with Crippen molar-refractivity contribution < 1.29 is 24.9 Å². The molecule has 1 amide bonds. The fourth-order valence-electron chi connectivity index (χ4n) is 7.17. The Labute approximate surface area is 289 Å². The topological polar surface area (TPSA) is 118 Å². The Morgan fingerprint density at radius 1 is 0.980 bits per heavy atom. The molecule has 1 atom stereocenters. The number of nitrogens with one attached hydrogen (secondary N) is 2. The number of carbonyl (C=O) groups is 1. The normalized spacial score (nSPS) is 16.2. The number of anilines is 1. The van der Waals surface area contributed by atoms with Crippen LogP contribution in [-0.4, -0.2) is 84.5 Å². The minimum Gasteiger partial charge on any atom is -0.508 e. The predicted molar refractivity (Wildman–Crippen MR) is 193 cm³/mol. The lowest BCUT2D eigenvalue weighted by molar-refractivity contribution is 0.0793. The largest absolute Gasteiger partial charge is 0.508 e. The van der Waals surface area contributed by atoms with E-state index in [4.69, 9.17) is 4.74 Å². The van der Waals surface area contributed by atoms with E-state index in [-0.39, 0.29) is 17.1 Å². The number of rotatable bonds is 12. The van der Waals surface area contributed by atoms with Gasteiger partial charge in [0.15, 0.2) is 5.75 Å². The number of piperidine rings is 1. The summed E-state index contributed by atoms with van der Waals surface area (Å²) >= 11 is 0. The van der Waals surface area contributed by atoms with Crippen molar-refractivity contribution in [2.75, 3.05) is 58.7 Å². The number of amides is 1. The molecule has 5 N–H and O–H groups in total. The molecule has 6 rings (SSSR count). The number of aromatic hydroxyl groups is 2. The standard InChI is InChI=1S/C40H48N4O5/c1-43-22-18-40(19-23-43,31-8-4-3-5-9-31)33-25-28(12-16-34(33)45)7-6-21-44(2)39(48)30-13-10-29(11-14-30)26-41-27-36(47)32-15-17-35(46)37-38(32)49-24-20-42-37/h3-5,8-17,25,36,41-42,45-47H,6-7,18-24,26-27H2,1-2H3. The molecule has 1 unspecified atom stereocenters. The van der Waals surface area contributed by atoms with E-state index in [0.29, 0.717) is 61.1 Å². The third-order valence-corrected chi connectivity index (χ3v) is 10.1. The van der Waals surface area contributed by atoms with Crippen molar-refractivity contribution in [1.82, 2.24) is 15.1 Å². The maximum atomic E-state index is 13.2. The third kappa shape index (κ3) is 7.69. The number of ether oxygens (including phenoxy) is 1. The van der Waals surface area contributed by atoms with E-state index >= 15 is 0 Å². The number of hydrogen-bond donors (Lipinski definition) is 5. The summed E-state index contributed by atoms with van der Waals surface area (Å²) in [5, 5.41) is 38.4. The van der Waals surface area contributed by atoms with Crippen molar-refractivity contribution in [1.29, 1.82) is 0 Å². The number of aliphatic hydroxyl groups is 1. The van der Waals surface area contributed by atoms with Gasteiger partial charge in [-0.15, -0.1) is 0 Å². The highest BCUT2D eigenvalue weighted by molar-refractivity contribution is 5.94. The Morgan fingerprint density at radius 2 is 1.69 bits per heavy atom. The summed E-state index contributed by atoms with van der Waals surface area (Å²) in [7, 11) is 3.99. The van der Waals surface area contributed by atoms with Crippen LogP contribution in [0.25, 0.3) is 0 Å². The monoisotopic (exact) mass is 664 g/mol. The van der Waals surface area contributed by atoms with Crippen molar-refractivity contribution in [3.05, 3.63) is 118 Å². The summed E-state index contributed by atoms with van der Waals surface area (Å²) in [5.41, 5.74) is 5.96. The number of phenolic OH excluding ortho intramolecular Hbond substituents is 2. The molecule has 0 radical (unpaired) electrons. The van der Waals surface area contributed by atoms with Gasteiger partial charge in [0.2, 0.25) is 0 Å². The van der Waals surface area contributed by atoms with Gasteiger partial charge in [0.1, 0.15) is 23.8 Å². The highest BCUT2D eigenvalue weighted by Gasteiger charge is 2.39. The third-order valence-electron chi connectivity index (χ3n) is 10.1. The van der Waals surface area contributed by atoms with Crippen LogP contribution in [0, 0.1) is 0 Å². The molecule has 2 aliphatic rings. The number of carbonyl (C=O) groups excluding carboxylic acids is 1. The van der Waals surface area contributed by atoms with Crippen LogP contribution >= 0.6 is 0 Å². The summed E-state index contributed by atoms with van der Waals surface area (Å²) in [6.07, 6.45) is 2.71. The highest BCUT2D eigenvalue weighted by Crippen LogP contribution is 2.45. The molecule has 0 aliphatic carbocycles. The highest BCUT2D eigenvalue weighted by atomic mass is 16.5. The van der Waals surface area contributed by atoms with Crippen LogP contribution in [0.4, 0.5) is 5.69 Å². The molecule has 0 spiro atoms. The van der Waals surface area contributed by atoms with Crippen LogP contribution in [-0.2, 0) is 18.4 Å². The average molecular weight is 665 g/mol. The van der Waals surface area contributed by atoms with Crippen molar-refractivity contribution >= 4 is 11.6 Å². The van der Waals surface area contributed by atoms with E-state index in [0.717, 1.165) is 49.9 Å². The zero-order valence-corrected chi connectivity index (χ0v) is 28.5. The molecular formula is C40H48N4O5. The zero-order chi connectivity index (χ0) is 34.4. The van der Waals surface area contributed by atoms with Gasteiger partial charge in [-0.2, -0.15) is 0 Å². The second-order valence-corrected chi connectivity index (χ2v) is 13.4. The molecule has 1 fully saturated rings. The molecule has 4 aromatic rings. The number of phenols is 2. The number of hydrogen-bond acceptors (Lipinski definition) is 8. The van der Waals surface area contributed by atoms with Crippen molar-refractivity contribution in [3.63, 3.8) is 0 Å². The fraction of sp³-hybridized carbons (Fsp3) is 0.375. The van der Waals surface area contributed by atoms with Gasteiger partial charge in [-0.25, -0.2) is 0 Å². The van der Waals surface area contributed by atoms with Crippen molar-refractivity contribution in [2.24, 2.45) is 0 Å². The number of aliphatic hydroxyl groups excluding tert-OH is 1. The Morgan fingerprint density at radius 3 is 2.45 bits per heavy atom. The van der Waals surface area contributed by atoms with Gasteiger partial charge in [0.25, 0.3) is 5.91 Å². The van der Waals surface area contributed by atoms with E-state index in [9.17, 15) is 20.1 Å². The Hall–Kier alpha value is -4.57. The van der Waals surface area contributed by atoms with Crippen LogP contribution in [0.5, 0.6) is 17.2 Å². The van der Waals surface area contributed by atoms with Gasteiger partial charge < -0.3 is 40.5 Å². The van der Waals surface area contributed by atoms with Gasteiger partial charge in [0.05, 0.1) is 6.10 Å². The van der Waals surface area contributed by atoms with Gasteiger partial charge in [0, 0.05) is 55.3 Å². The van der Waals surface area contributed by atoms with E-state index in [1.54, 1.807) is 17.0 Å². The summed E-state index contributed by atoms with van der Waals surface area (Å²) in [6, 6.07) is 27.4. The van der Waals surface area contributed by atoms with Gasteiger partial charge in [-0.1, -0.05) is 54.6 Å². The lowest BCUT2D eigenvalue weighted by Crippen LogP contribution is -2.41. The fourth-order valence-corrected chi connectivity index (χ4v) is 7.17. The first-order valence-corrected chi connectivity index (χ1v) is 17.3. The first kappa shape index (κ1) is 34.3. The summed E-state index contributed by atoms with van der Waals surface area (Å²) in [5.74, 6) is 0.915. The zero-order valence-electron chi connectivity index (χ0n) is 28.5. The SMILES string of the molecule is CN1CCC(c2ccccc2)(c2cc(CCCN(C)C(=O)c3ccc(CNCC(O)c4ccc(O)c5c4OCCN5)cc3)ccc2O)CC1. The summed E-state index contributed by atoms with van der Waals surface area (Å²) in [6.45, 7) is 4.46. The van der Waals surface area contributed by atoms with Crippen molar-refractivity contribution in [3.8, 4) is 17.2 Å². The number of benzene rings is 4. The molecule has 2 aliphatic heterocycles. The second kappa shape index (κ2) is 15.3. The molecule has 9 nitrogen and oxygen atoms in total. The molecule has 1 saturated heterocycles. The average Bonchev–Trinajstić information content (AvgIpc) is 3.13. The minimum absolute atomic E-state index is 0.0265. The van der Waals surface area contributed by atoms with Gasteiger partial charge in [-0.3, -0.25) is 4.79 Å². The second-order valence-electron chi connectivity index (χ2n) is 13.4. The number of fused-ring (bicyclic) bond motifs is 1. The molecule has 0 aromatic heterocycles. The molecule has 9 heteroatoms. The van der Waals surface area contributed by atoms with Crippen LogP contribution in [0.1, 0.15) is 63.5 Å². The summed E-state index contributed by atoms with van der Waals surface area (Å²) < 4.78 is 5.72. The predicted octanol–water partition coefficient (Wildman–Crippen LogP) is 5.44. The van der Waals surface area contributed by atoms with Crippen molar-refractivity contribution in [2.45, 2.75) is 43.7 Å². The van der Waals surface area contributed by atoms with Crippen LogP contribution in [0.15, 0.2) is 84.9 Å². The van der Waals surface area contributed by atoms with Gasteiger partial charge >= 0.3 is 0 Å². The Balaban J connectivity index is 1.01. The quantitative estimate of drug-likeness (QED) is 0.127. The first-order valence-electron chi connectivity index (χ1n) is 17.3. The summed E-state index contributed by atoms with van der Waals surface area (Å²) in [4.78, 5) is 17.4. The Kier molecular flexibility index (Phi) is 10.7. The molecule has 2 heterocycles. The smallest absolute Gasteiger partial charge is 0.253 e. The molecule has 0 bridgehead atoms. The molecule has 4 aromatic carbocycles. The number of aryl methyl sites for hydroxylation is 1. The number of likely N-dealkylation sites (tertiary alicyclic amines) is 1. The van der Waals surface area contributed by atoms with Gasteiger partial charge in [-0.05, 0) is 92.8 Å². The van der Waals surface area contributed by atoms with E-state index in [1.165, 1.54) is 11.1 Å². The Bertz CT molecular complexity index is 1720. The molecule has 0 saturated carbocycles. The molecule has 49 heavy (non-hydrogen) atoms. The van der Waals surface area contributed by atoms with E-state index in [2.05, 4.69) is 52.9 Å². The maximum Gasteiger partial charge on any atom is 0.253 e. The van der Waals surface area contributed by atoms with E-state index < -0.39 is 6.10 Å². The van der Waals surface area contributed by atoms with Crippen LogP contribution in [0.3, 0.4) is 0 Å². The lowest BCUT2D eigenvalue weighted by atomic mass is 9.67. The van der Waals surface area contributed by atoms with E-state index in [1.807, 2.05) is 49.5 Å². The maximum absolute atomic E-state index is 13.2. The minimum atomic E-state index is -0.809. The molecule has 258 valence electrons. The van der Waals surface area contributed by atoms with Crippen LogP contribution in [0.2, 0.25) is 0 Å². The number of nitrogens with zero attached hydrogens (tertiary/aromatic N) is 2. The van der Waals surface area contributed by atoms with Crippen LogP contribution < -0.4 is 15.4 Å². The molecular weight excluding hydrogens is 616 g/mol.